The van der Waals surface area contributed by atoms with Crippen molar-refractivity contribution in [2.75, 3.05) is 33.7 Å². The number of carbonyl (C=O) groups excluding carboxylic acids is 2. The van der Waals surface area contributed by atoms with E-state index in [0.29, 0.717) is 0 Å². The van der Waals surface area contributed by atoms with E-state index in [1.54, 1.807) is 14.1 Å². The van der Waals surface area contributed by atoms with Gasteiger partial charge in [0.2, 0.25) is 21.8 Å². The summed E-state index contributed by atoms with van der Waals surface area (Å²) in [5.41, 5.74) is -1.21. The molecule has 1 aliphatic heterocycles. The van der Waals surface area contributed by atoms with Gasteiger partial charge in [0.05, 0.1) is 17.0 Å². The van der Waals surface area contributed by atoms with Crippen LogP contribution in [0.5, 0.6) is 0 Å². The summed E-state index contributed by atoms with van der Waals surface area (Å²) in [6.45, 7) is -0.314. The van der Waals surface area contributed by atoms with Crippen molar-refractivity contribution in [3.63, 3.8) is 0 Å². The van der Waals surface area contributed by atoms with Gasteiger partial charge in [-0.05, 0) is 25.0 Å². The molecule has 11 heteroatoms. The number of nitrogens with one attached hydrogen (secondary N) is 1. The van der Waals surface area contributed by atoms with Gasteiger partial charge in [-0.2, -0.15) is 17.5 Å². The first kappa shape index (κ1) is 22.2. The fourth-order valence-electron chi connectivity index (χ4n) is 2.89. The molecule has 0 aromatic heterocycles. The fraction of sp³-hybridized carbons (Fsp3) is 0.529. The minimum atomic E-state index is -4.79. The second-order valence-corrected chi connectivity index (χ2v) is 8.58. The van der Waals surface area contributed by atoms with Crippen molar-refractivity contribution in [3.05, 3.63) is 29.8 Å². The molecule has 0 radical (unpaired) electrons. The Balaban J connectivity index is 2.05. The van der Waals surface area contributed by atoms with Crippen molar-refractivity contribution in [1.29, 1.82) is 0 Å². The average Bonchev–Trinajstić information content (AvgIpc) is 2.65. The van der Waals surface area contributed by atoms with E-state index < -0.39 is 32.6 Å². The van der Waals surface area contributed by atoms with Crippen molar-refractivity contribution in [2.45, 2.75) is 23.9 Å². The predicted molar refractivity (Wildman–Crippen MR) is 94.6 cm³/mol. The summed E-state index contributed by atoms with van der Waals surface area (Å²) < 4.78 is 65.8. The van der Waals surface area contributed by atoms with E-state index in [2.05, 4.69) is 5.32 Å². The number of amides is 2. The largest absolute Gasteiger partial charge is 0.417 e. The fourth-order valence-corrected chi connectivity index (χ4v) is 4.57. The third kappa shape index (κ3) is 5.02. The molecule has 0 bridgehead atoms. The number of alkyl halides is 3. The highest BCUT2D eigenvalue weighted by Gasteiger charge is 2.40. The molecule has 2 rings (SSSR count). The number of nitrogens with zero attached hydrogens (tertiary/aromatic N) is 2. The molecular formula is C17H22F3N3O4S. The smallest absolute Gasteiger partial charge is 0.347 e. The molecule has 1 aromatic carbocycles. The van der Waals surface area contributed by atoms with Gasteiger partial charge >= 0.3 is 6.18 Å². The van der Waals surface area contributed by atoms with Crippen LogP contribution in [0.15, 0.2) is 29.2 Å². The van der Waals surface area contributed by atoms with Gasteiger partial charge in [0.25, 0.3) is 0 Å². The Kier molecular flexibility index (Phi) is 6.71. The maximum absolute atomic E-state index is 13.2. The van der Waals surface area contributed by atoms with Crippen LogP contribution in [-0.2, 0) is 25.8 Å². The minimum absolute atomic E-state index is 0.0752. The second-order valence-electron chi connectivity index (χ2n) is 6.68. The van der Waals surface area contributed by atoms with Gasteiger partial charge in [-0.15, -0.1) is 0 Å². The zero-order valence-electron chi connectivity index (χ0n) is 15.5. The number of carbonyl (C=O) groups is 2. The zero-order valence-corrected chi connectivity index (χ0v) is 16.3. The molecule has 7 nitrogen and oxygen atoms in total. The maximum Gasteiger partial charge on any atom is 0.417 e. The standard InChI is InChI=1S/C17H22F3N3O4S/c1-22(2)15(24)11-21-16(25)12-7-9-23(10-8-12)28(26,27)14-6-4-3-5-13(14)17(18,19)20/h3-6,12H,7-11H2,1-2H3,(H,21,25). The summed E-state index contributed by atoms with van der Waals surface area (Å²) in [4.78, 5) is 24.2. The van der Waals surface area contributed by atoms with Crippen LogP contribution in [0, 0.1) is 5.92 Å². The molecule has 1 saturated heterocycles. The van der Waals surface area contributed by atoms with E-state index in [1.165, 1.54) is 11.0 Å². The summed E-state index contributed by atoms with van der Waals surface area (Å²) in [6, 6.07) is 4.04. The van der Waals surface area contributed by atoms with Gasteiger partial charge in [0.1, 0.15) is 0 Å². The van der Waals surface area contributed by atoms with E-state index in [1.807, 2.05) is 0 Å². The first-order chi connectivity index (χ1) is 12.9. The molecule has 1 aliphatic rings. The Bertz CT molecular complexity index is 832. The van der Waals surface area contributed by atoms with E-state index >= 15 is 0 Å². The van der Waals surface area contributed by atoms with Gasteiger partial charge in [-0.3, -0.25) is 9.59 Å². The number of hydrogen-bond acceptors (Lipinski definition) is 4. The van der Waals surface area contributed by atoms with Crippen molar-refractivity contribution >= 4 is 21.8 Å². The Labute approximate surface area is 161 Å². The number of halogens is 3. The average molecular weight is 421 g/mol. The third-order valence-corrected chi connectivity index (χ3v) is 6.50. The third-order valence-electron chi connectivity index (χ3n) is 4.55. The molecule has 0 unspecified atom stereocenters. The molecule has 156 valence electrons. The first-order valence-electron chi connectivity index (χ1n) is 8.59. The molecule has 1 heterocycles. The van der Waals surface area contributed by atoms with Crippen LogP contribution in [0.25, 0.3) is 0 Å². The van der Waals surface area contributed by atoms with Crippen LogP contribution >= 0.6 is 0 Å². The maximum atomic E-state index is 13.2. The molecule has 0 spiro atoms. The lowest BCUT2D eigenvalue weighted by molar-refractivity contribution is -0.140. The summed E-state index contributed by atoms with van der Waals surface area (Å²) in [5.74, 6) is -1.15. The van der Waals surface area contributed by atoms with E-state index in [4.69, 9.17) is 0 Å². The normalized spacial score (nSPS) is 16.6. The molecule has 0 aliphatic carbocycles. The predicted octanol–water partition coefficient (Wildman–Crippen LogP) is 1.31. The van der Waals surface area contributed by atoms with Gasteiger partial charge in [-0.25, -0.2) is 8.42 Å². The van der Waals surface area contributed by atoms with Crippen LogP contribution in [0.3, 0.4) is 0 Å². The number of sulfonamides is 1. The highest BCUT2D eigenvalue weighted by atomic mass is 32.2. The molecule has 28 heavy (non-hydrogen) atoms. The van der Waals surface area contributed by atoms with Crippen LogP contribution in [0.2, 0.25) is 0 Å². The SMILES string of the molecule is CN(C)C(=O)CNC(=O)C1CCN(S(=O)(=O)c2ccccc2C(F)(F)F)CC1. The Morgan fingerprint density at radius 2 is 1.75 bits per heavy atom. The number of hydrogen-bond donors (Lipinski definition) is 1. The van der Waals surface area contributed by atoms with Crippen LogP contribution < -0.4 is 5.32 Å². The van der Waals surface area contributed by atoms with Gasteiger partial charge in [0.15, 0.2) is 0 Å². The number of benzene rings is 1. The quantitative estimate of drug-likeness (QED) is 0.777. The second kappa shape index (κ2) is 8.48. The van der Waals surface area contributed by atoms with Crippen molar-refractivity contribution in [2.24, 2.45) is 5.92 Å². The molecule has 1 aromatic rings. The topological polar surface area (TPSA) is 86.8 Å². The molecule has 2 amide bonds. The van der Waals surface area contributed by atoms with Gasteiger partial charge in [0, 0.05) is 33.1 Å². The van der Waals surface area contributed by atoms with E-state index in [-0.39, 0.29) is 44.3 Å². The summed E-state index contributed by atoms with van der Waals surface area (Å²) >= 11 is 0. The van der Waals surface area contributed by atoms with Gasteiger partial charge in [-0.1, -0.05) is 12.1 Å². The summed E-state index contributed by atoms with van der Waals surface area (Å²) in [7, 11) is -1.24. The minimum Gasteiger partial charge on any atom is -0.347 e. The van der Waals surface area contributed by atoms with Crippen LogP contribution in [0.4, 0.5) is 13.2 Å². The highest BCUT2D eigenvalue weighted by Crippen LogP contribution is 2.36. The van der Waals surface area contributed by atoms with Crippen LogP contribution in [0.1, 0.15) is 18.4 Å². The van der Waals surface area contributed by atoms with Crippen molar-refractivity contribution in [1.82, 2.24) is 14.5 Å². The molecule has 1 fully saturated rings. The molecule has 0 saturated carbocycles. The van der Waals surface area contributed by atoms with Crippen molar-refractivity contribution < 1.29 is 31.2 Å². The van der Waals surface area contributed by atoms with Gasteiger partial charge < -0.3 is 10.2 Å². The number of likely N-dealkylation sites (N-methyl/N-ethyl adjacent to an activating group) is 1. The van der Waals surface area contributed by atoms with E-state index in [9.17, 15) is 31.2 Å². The zero-order chi connectivity index (χ0) is 21.1. The Morgan fingerprint density at radius 1 is 1.18 bits per heavy atom. The first-order valence-corrected chi connectivity index (χ1v) is 10.0. The lowest BCUT2D eigenvalue weighted by Gasteiger charge is -2.31. The summed E-state index contributed by atoms with van der Waals surface area (Å²) in [5, 5.41) is 2.50. The van der Waals surface area contributed by atoms with E-state index in [0.717, 1.165) is 22.5 Å². The molecule has 1 N–H and O–H groups in total. The lowest BCUT2D eigenvalue weighted by atomic mass is 9.97. The van der Waals surface area contributed by atoms with Crippen molar-refractivity contribution in [3.8, 4) is 0 Å². The Hall–Kier alpha value is -2.14. The van der Waals surface area contributed by atoms with Crippen LogP contribution in [-0.4, -0.2) is 63.2 Å². The number of piperidine rings is 1. The Morgan fingerprint density at radius 3 is 2.29 bits per heavy atom. The monoisotopic (exact) mass is 421 g/mol. The lowest BCUT2D eigenvalue weighted by Crippen LogP contribution is -2.45. The number of rotatable bonds is 5. The molecule has 0 atom stereocenters. The summed E-state index contributed by atoms with van der Waals surface area (Å²) in [6.07, 6.45) is -4.47. The molecular weight excluding hydrogens is 399 g/mol. The highest BCUT2D eigenvalue weighted by molar-refractivity contribution is 7.89.